The molecule has 4 heterocycles. The Morgan fingerprint density at radius 3 is 2.39 bits per heavy atom. The number of fused-ring (bicyclic) bond motifs is 6. The van der Waals surface area contributed by atoms with E-state index in [-0.39, 0.29) is 6.42 Å². The van der Waals surface area contributed by atoms with Crippen molar-refractivity contribution in [2.75, 3.05) is 0 Å². The molecule has 1 unspecified atom stereocenters. The second kappa shape index (κ2) is 6.84. The third-order valence-corrected chi connectivity index (χ3v) is 6.25. The molecule has 0 aliphatic heterocycles. The third-order valence-electron chi connectivity index (χ3n) is 6.25. The monoisotopic (exact) mass is 431 g/mol. The molecule has 0 N–H and O–H groups in total. The molecule has 2 aromatic carbocycles. The first-order valence-electron chi connectivity index (χ1n) is 10.9. The topological polar surface area (TPSA) is 48.5 Å². The van der Waals surface area contributed by atoms with E-state index in [1.54, 1.807) is 18.3 Å². The highest BCUT2D eigenvalue weighted by Gasteiger charge is 2.23. The number of aromatic nitrogens is 5. The molecule has 158 valence electrons. The molecule has 1 aliphatic carbocycles. The molecule has 7 rings (SSSR count). The Morgan fingerprint density at radius 1 is 0.758 bits per heavy atom. The SMILES string of the molecule is FC1C=CC=C(n2c3cccnc3c3nc4c(nc32)c2ccccc2n4-c2ccccc2)C1. The fourth-order valence-corrected chi connectivity index (χ4v) is 4.84. The zero-order valence-electron chi connectivity index (χ0n) is 17.6. The summed E-state index contributed by atoms with van der Waals surface area (Å²) in [6.07, 6.45) is 6.32. The standard InChI is InChI=1S/C27H18FN5/c28-17-8-6-11-19(16-17)33-22-14-7-15-29-24(22)25-27(33)30-23-20-12-4-5-13-21(20)32(26(23)31-25)18-9-2-1-3-10-18/h1-15,17H,16H2. The summed E-state index contributed by atoms with van der Waals surface area (Å²) in [5.74, 6) is 0. The molecule has 4 aromatic heterocycles. The second-order valence-corrected chi connectivity index (χ2v) is 8.23. The number of nitrogens with zero attached hydrogens (tertiary/aromatic N) is 5. The van der Waals surface area contributed by atoms with Crippen LogP contribution in [0.4, 0.5) is 4.39 Å². The number of pyridine rings is 1. The van der Waals surface area contributed by atoms with E-state index in [1.807, 2.05) is 53.1 Å². The molecule has 0 radical (unpaired) electrons. The lowest BCUT2D eigenvalue weighted by Gasteiger charge is -2.15. The number of benzene rings is 2. The minimum absolute atomic E-state index is 0.287. The average molecular weight is 431 g/mol. The van der Waals surface area contributed by atoms with Gasteiger partial charge >= 0.3 is 0 Å². The Labute approximate surface area is 188 Å². The maximum absolute atomic E-state index is 14.3. The second-order valence-electron chi connectivity index (χ2n) is 8.23. The molecular formula is C27H18FN5. The van der Waals surface area contributed by atoms with Crippen molar-refractivity contribution in [1.29, 1.82) is 0 Å². The molecule has 33 heavy (non-hydrogen) atoms. The van der Waals surface area contributed by atoms with E-state index in [2.05, 4.69) is 33.8 Å². The molecule has 0 amide bonds. The van der Waals surface area contributed by atoms with E-state index < -0.39 is 6.17 Å². The molecule has 0 fully saturated rings. The molecule has 0 saturated heterocycles. The molecule has 5 nitrogen and oxygen atoms in total. The largest absolute Gasteiger partial charge is 0.295 e. The number of hydrogen-bond donors (Lipinski definition) is 0. The van der Waals surface area contributed by atoms with Crippen LogP contribution in [0, 0.1) is 0 Å². The van der Waals surface area contributed by atoms with Crippen molar-refractivity contribution in [3.8, 4) is 5.69 Å². The van der Waals surface area contributed by atoms with E-state index in [4.69, 9.17) is 9.97 Å². The van der Waals surface area contributed by atoms with Crippen LogP contribution in [-0.4, -0.2) is 30.3 Å². The zero-order chi connectivity index (χ0) is 21.9. The van der Waals surface area contributed by atoms with Gasteiger partial charge in [-0.05, 0) is 36.4 Å². The van der Waals surface area contributed by atoms with Crippen LogP contribution >= 0.6 is 0 Å². The van der Waals surface area contributed by atoms with E-state index >= 15 is 0 Å². The third kappa shape index (κ3) is 2.61. The maximum atomic E-state index is 14.3. The lowest BCUT2D eigenvalue weighted by atomic mass is 10.1. The average Bonchev–Trinajstić information content (AvgIpc) is 3.35. The van der Waals surface area contributed by atoms with Crippen LogP contribution < -0.4 is 0 Å². The summed E-state index contributed by atoms with van der Waals surface area (Å²) in [7, 11) is 0. The minimum Gasteiger partial charge on any atom is -0.295 e. The van der Waals surface area contributed by atoms with Gasteiger partial charge in [-0.2, -0.15) is 0 Å². The first-order valence-corrected chi connectivity index (χ1v) is 10.9. The number of alkyl halides is 1. The lowest BCUT2D eigenvalue weighted by Crippen LogP contribution is -2.07. The summed E-state index contributed by atoms with van der Waals surface area (Å²) >= 11 is 0. The van der Waals surface area contributed by atoms with Gasteiger partial charge in [-0.15, -0.1) is 0 Å². The molecule has 6 aromatic rings. The van der Waals surface area contributed by atoms with E-state index in [9.17, 15) is 4.39 Å². The predicted octanol–water partition coefficient (Wildman–Crippen LogP) is 6.22. The Bertz CT molecular complexity index is 1760. The van der Waals surface area contributed by atoms with Gasteiger partial charge in [-0.1, -0.05) is 48.6 Å². The van der Waals surface area contributed by atoms with Gasteiger partial charge in [-0.25, -0.2) is 14.4 Å². The summed E-state index contributed by atoms with van der Waals surface area (Å²) in [5.41, 5.74) is 7.55. The van der Waals surface area contributed by atoms with Crippen molar-refractivity contribution in [2.45, 2.75) is 12.6 Å². The van der Waals surface area contributed by atoms with Crippen LogP contribution in [0.2, 0.25) is 0 Å². The van der Waals surface area contributed by atoms with Crippen molar-refractivity contribution >= 4 is 50.0 Å². The van der Waals surface area contributed by atoms with Crippen LogP contribution in [0.15, 0.2) is 91.2 Å². The van der Waals surface area contributed by atoms with Crippen LogP contribution in [0.25, 0.3) is 55.6 Å². The van der Waals surface area contributed by atoms with Crippen LogP contribution in [0.3, 0.4) is 0 Å². The number of para-hydroxylation sites is 2. The van der Waals surface area contributed by atoms with Gasteiger partial charge < -0.3 is 0 Å². The van der Waals surface area contributed by atoms with Crippen molar-refractivity contribution in [2.24, 2.45) is 0 Å². The van der Waals surface area contributed by atoms with Gasteiger partial charge in [-0.3, -0.25) is 14.1 Å². The fraction of sp³-hybridized carbons (Fsp3) is 0.0741. The Balaban J connectivity index is 1.66. The van der Waals surface area contributed by atoms with Gasteiger partial charge in [0, 0.05) is 29.4 Å². The highest BCUT2D eigenvalue weighted by Crippen LogP contribution is 2.36. The van der Waals surface area contributed by atoms with E-state index in [1.165, 1.54) is 0 Å². The lowest BCUT2D eigenvalue weighted by molar-refractivity contribution is 0.403. The Hall–Kier alpha value is -4.32. The van der Waals surface area contributed by atoms with Gasteiger partial charge in [0.15, 0.2) is 11.3 Å². The molecule has 0 spiro atoms. The molecular weight excluding hydrogens is 413 g/mol. The van der Waals surface area contributed by atoms with E-state index in [0.29, 0.717) is 11.2 Å². The smallest absolute Gasteiger partial charge is 0.166 e. The zero-order valence-corrected chi connectivity index (χ0v) is 17.6. The summed E-state index contributed by atoms with van der Waals surface area (Å²) in [6, 6.07) is 22.3. The van der Waals surface area contributed by atoms with Crippen LogP contribution in [0.1, 0.15) is 6.42 Å². The number of halogens is 1. The summed E-state index contributed by atoms with van der Waals surface area (Å²) in [4.78, 5) is 14.9. The predicted molar refractivity (Wildman–Crippen MR) is 130 cm³/mol. The minimum atomic E-state index is -1.02. The van der Waals surface area contributed by atoms with Crippen molar-refractivity contribution in [1.82, 2.24) is 24.1 Å². The van der Waals surface area contributed by atoms with Crippen molar-refractivity contribution in [3.63, 3.8) is 0 Å². The first-order chi connectivity index (χ1) is 16.3. The molecule has 0 saturated carbocycles. The highest BCUT2D eigenvalue weighted by molar-refractivity contribution is 6.11. The summed E-state index contributed by atoms with van der Waals surface area (Å²) < 4.78 is 18.4. The summed E-state index contributed by atoms with van der Waals surface area (Å²) in [5, 5.41) is 1.02. The molecule has 0 bridgehead atoms. The van der Waals surface area contributed by atoms with E-state index in [0.717, 1.165) is 44.5 Å². The van der Waals surface area contributed by atoms with Gasteiger partial charge in [0.05, 0.1) is 11.0 Å². The number of hydrogen-bond acceptors (Lipinski definition) is 3. The van der Waals surface area contributed by atoms with Crippen LogP contribution in [-0.2, 0) is 0 Å². The van der Waals surface area contributed by atoms with Gasteiger partial charge in [0.1, 0.15) is 22.7 Å². The number of rotatable bonds is 2. The van der Waals surface area contributed by atoms with Crippen molar-refractivity contribution in [3.05, 3.63) is 91.2 Å². The van der Waals surface area contributed by atoms with Gasteiger partial charge in [0.25, 0.3) is 0 Å². The molecule has 6 heteroatoms. The first kappa shape index (κ1) is 18.3. The van der Waals surface area contributed by atoms with Gasteiger partial charge in [0.2, 0.25) is 0 Å². The maximum Gasteiger partial charge on any atom is 0.166 e. The quantitative estimate of drug-likeness (QED) is 0.327. The van der Waals surface area contributed by atoms with Crippen molar-refractivity contribution < 1.29 is 4.39 Å². The Kier molecular flexibility index (Phi) is 3.79. The normalized spacial score (nSPS) is 16.3. The summed E-state index contributed by atoms with van der Waals surface area (Å²) in [6.45, 7) is 0. The fourth-order valence-electron chi connectivity index (χ4n) is 4.84. The number of allylic oxidation sites excluding steroid dienone is 4. The molecule has 1 aliphatic rings. The highest BCUT2D eigenvalue weighted by atomic mass is 19.1. The molecule has 1 atom stereocenters. The van der Waals surface area contributed by atoms with Crippen LogP contribution in [0.5, 0.6) is 0 Å². The Morgan fingerprint density at radius 2 is 1.52 bits per heavy atom.